The van der Waals surface area contributed by atoms with Crippen LogP contribution >= 0.6 is 0 Å². The molecule has 0 aromatic carbocycles. The molecule has 5 unspecified atom stereocenters. The number of carboxylic acid groups (broad SMARTS) is 2. The number of hydrogen-bond donors (Lipinski definition) is 10. The lowest BCUT2D eigenvalue weighted by Gasteiger charge is -2.25. The first-order valence-electron chi connectivity index (χ1n) is 10.3. The number of amides is 3. The van der Waals surface area contributed by atoms with E-state index >= 15 is 0 Å². The van der Waals surface area contributed by atoms with Gasteiger partial charge in [-0.1, -0.05) is 0 Å². The van der Waals surface area contributed by atoms with Crippen LogP contribution < -0.4 is 33.2 Å². The number of aliphatic hydroxyl groups excluding tert-OH is 2. The first kappa shape index (κ1) is 30.5. The molecule has 0 aliphatic rings. The maximum atomic E-state index is 12.5. The normalized spacial score (nSPS) is 15.1. The van der Waals surface area contributed by atoms with E-state index in [4.69, 9.17) is 27.4 Å². The van der Waals surface area contributed by atoms with E-state index in [0.717, 1.165) is 6.92 Å². The summed E-state index contributed by atoms with van der Waals surface area (Å²) >= 11 is 0. The van der Waals surface area contributed by atoms with Crippen molar-refractivity contribution in [2.75, 3.05) is 13.2 Å². The molecule has 0 bridgehead atoms. The molecule has 0 aromatic rings. The maximum absolute atomic E-state index is 12.5. The molecule has 0 saturated carbocycles. The first-order valence-corrected chi connectivity index (χ1v) is 10.3. The summed E-state index contributed by atoms with van der Waals surface area (Å²) < 4.78 is 0. The lowest BCUT2D eigenvalue weighted by Crippen LogP contribution is -2.60. The summed E-state index contributed by atoms with van der Waals surface area (Å²) in [6.45, 7) is 0.488. The number of aliphatic carboxylic acids is 2. The number of aliphatic imine (C=N–C) groups is 1. The lowest BCUT2D eigenvalue weighted by atomic mass is 10.1. The lowest BCUT2D eigenvalue weighted by molar-refractivity contribution is -0.144. The van der Waals surface area contributed by atoms with Crippen LogP contribution in [0.5, 0.6) is 0 Å². The van der Waals surface area contributed by atoms with E-state index in [-0.39, 0.29) is 18.9 Å². The Morgan fingerprint density at radius 1 is 0.912 bits per heavy atom. The Balaban J connectivity index is 5.07. The molecule has 0 heterocycles. The molecule has 0 radical (unpaired) electrons. The third-order valence-corrected chi connectivity index (χ3v) is 4.44. The summed E-state index contributed by atoms with van der Waals surface area (Å²) in [5.41, 5.74) is 16.1. The van der Waals surface area contributed by atoms with Crippen molar-refractivity contribution in [3.05, 3.63) is 0 Å². The summed E-state index contributed by atoms with van der Waals surface area (Å²) in [6, 6.07) is -5.85. The molecular formula is C18H33N7O9. The minimum Gasteiger partial charge on any atom is -0.481 e. The molecule has 3 amide bonds. The fourth-order valence-corrected chi connectivity index (χ4v) is 2.57. The predicted octanol–water partition coefficient (Wildman–Crippen LogP) is -4.86. The zero-order chi connectivity index (χ0) is 26.4. The highest BCUT2D eigenvalue weighted by molar-refractivity contribution is 5.94. The summed E-state index contributed by atoms with van der Waals surface area (Å²) in [4.78, 5) is 62.7. The average Bonchev–Trinajstić information content (AvgIpc) is 2.74. The van der Waals surface area contributed by atoms with E-state index < -0.39 is 79.4 Å². The van der Waals surface area contributed by atoms with Gasteiger partial charge in [0.05, 0.1) is 18.8 Å². The molecule has 16 nitrogen and oxygen atoms in total. The molecule has 5 atom stereocenters. The first-order chi connectivity index (χ1) is 15.8. The monoisotopic (exact) mass is 491 g/mol. The highest BCUT2D eigenvalue weighted by Crippen LogP contribution is 2.02. The molecule has 0 rings (SSSR count). The van der Waals surface area contributed by atoms with Crippen molar-refractivity contribution >= 4 is 35.6 Å². The number of carbonyl (C=O) groups excluding carboxylic acids is 3. The second kappa shape index (κ2) is 15.4. The van der Waals surface area contributed by atoms with E-state index in [2.05, 4.69) is 15.6 Å². The number of guanidine groups is 1. The van der Waals surface area contributed by atoms with Crippen LogP contribution in [0.15, 0.2) is 4.99 Å². The Bertz CT molecular complexity index is 756. The van der Waals surface area contributed by atoms with Gasteiger partial charge in [-0.25, -0.2) is 4.79 Å². The predicted molar refractivity (Wildman–Crippen MR) is 117 cm³/mol. The molecule has 13 N–H and O–H groups in total. The van der Waals surface area contributed by atoms with Gasteiger partial charge in [0.15, 0.2) is 5.96 Å². The average molecular weight is 492 g/mol. The van der Waals surface area contributed by atoms with Gasteiger partial charge in [0.2, 0.25) is 17.7 Å². The summed E-state index contributed by atoms with van der Waals surface area (Å²) in [5, 5.41) is 43.5. The van der Waals surface area contributed by atoms with E-state index in [0.29, 0.717) is 6.42 Å². The van der Waals surface area contributed by atoms with Gasteiger partial charge < -0.3 is 53.6 Å². The van der Waals surface area contributed by atoms with Crippen LogP contribution in [0.1, 0.15) is 32.6 Å². The standard InChI is InChI=1S/C18H33N7O9/c1-8(27)13(16(32)23-10(17(33)34)4-5-12(28)29)25-15(31)11(7-26)24-14(30)9(19)3-2-6-22-18(20)21/h8-11,13,26-27H,2-7,19H2,1H3,(H,23,32)(H,24,30)(H,25,31)(H,28,29)(H,33,34)(H4,20,21,22). The molecule has 0 aliphatic carbocycles. The minimum absolute atomic E-state index is 0.122. The largest absolute Gasteiger partial charge is 0.481 e. The van der Waals surface area contributed by atoms with E-state index in [1.165, 1.54) is 0 Å². The van der Waals surface area contributed by atoms with E-state index in [1.54, 1.807) is 0 Å². The van der Waals surface area contributed by atoms with Gasteiger partial charge in [-0.3, -0.25) is 24.2 Å². The van der Waals surface area contributed by atoms with Crippen LogP contribution in [-0.4, -0.2) is 99.5 Å². The van der Waals surface area contributed by atoms with Crippen LogP contribution in [0.3, 0.4) is 0 Å². The van der Waals surface area contributed by atoms with E-state index in [9.17, 15) is 34.2 Å². The fraction of sp³-hybridized carbons (Fsp3) is 0.667. The van der Waals surface area contributed by atoms with Crippen molar-refractivity contribution in [1.82, 2.24) is 16.0 Å². The molecular weight excluding hydrogens is 458 g/mol. The number of aliphatic hydroxyl groups is 2. The van der Waals surface area contributed by atoms with Crippen molar-refractivity contribution in [2.24, 2.45) is 22.2 Å². The van der Waals surface area contributed by atoms with Crippen LogP contribution in [0.2, 0.25) is 0 Å². The van der Waals surface area contributed by atoms with Gasteiger partial charge in [-0.2, -0.15) is 0 Å². The molecule has 0 fully saturated rings. The summed E-state index contributed by atoms with van der Waals surface area (Å²) in [7, 11) is 0. The van der Waals surface area contributed by atoms with Crippen LogP contribution in [-0.2, 0) is 24.0 Å². The zero-order valence-electron chi connectivity index (χ0n) is 18.6. The minimum atomic E-state index is -1.67. The third-order valence-electron chi connectivity index (χ3n) is 4.44. The van der Waals surface area contributed by atoms with Crippen molar-refractivity contribution in [2.45, 2.75) is 62.9 Å². The second-order valence-electron chi connectivity index (χ2n) is 7.36. The van der Waals surface area contributed by atoms with Gasteiger partial charge in [0.25, 0.3) is 0 Å². The van der Waals surface area contributed by atoms with Crippen molar-refractivity contribution < 1.29 is 44.4 Å². The molecule has 0 spiro atoms. The quantitative estimate of drug-likeness (QED) is 0.0552. The Morgan fingerprint density at radius 3 is 1.97 bits per heavy atom. The number of hydrogen-bond acceptors (Lipinski definition) is 9. The van der Waals surface area contributed by atoms with Crippen molar-refractivity contribution in [3.8, 4) is 0 Å². The maximum Gasteiger partial charge on any atom is 0.326 e. The molecule has 0 saturated heterocycles. The van der Waals surface area contributed by atoms with Gasteiger partial charge >= 0.3 is 11.9 Å². The van der Waals surface area contributed by atoms with Gasteiger partial charge in [0.1, 0.15) is 18.1 Å². The third kappa shape index (κ3) is 11.9. The highest BCUT2D eigenvalue weighted by Gasteiger charge is 2.32. The Kier molecular flexibility index (Phi) is 13.8. The van der Waals surface area contributed by atoms with Gasteiger partial charge in [-0.05, 0) is 26.2 Å². The Morgan fingerprint density at radius 2 is 1.50 bits per heavy atom. The smallest absolute Gasteiger partial charge is 0.326 e. The molecule has 0 aromatic heterocycles. The number of nitrogens with zero attached hydrogens (tertiary/aromatic N) is 1. The zero-order valence-corrected chi connectivity index (χ0v) is 18.6. The number of carboxylic acids is 2. The van der Waals surface area contributed by atoms with Gasteiger partial charge in [-0.15, -0.1) is 0 Å². The number of rotatable bonds is 16. The molecule has 0 aliphatic heterocycles. The SMILES string of the molecule is CC(O)C(NC(=O)C(CO)NC(=O)C(N)CCCN=C(N)N)C(=O)NC(CCC(=O)O)C(=O)O. The Hall–Kier alpha value is -3.50. The van der Waals surface area contributed by atoms with Crippen LogP contribution in [0.25, 0.3) is 0 Å². The molecule has 34 heavy (non-hydrogen) atoms. The number of nitrogens with one attached hydrogen (secondary N) is 3. The van der Waals surface area contributed by atoms with Crippen molar-refractivity contribution in [1.29, 1.82) is 0 Å². The fourth-order valence-electron chi connectivity index (χ4n) is 2.57. The number of nitrogens with two attached hydrogens (primary N) is 3. The highest BCUT2D eigenvalue weighted by atomic mass is 16.4. The summed E-state index contributed by atoms with van der Waals surface area (Å²) in [5.74, 6) is -5.86. The molecule has 194 valence electrons. The van der Waals surface area contributed by atoms with E-state index in [1.807, 2.05) is 5.32 Å². The molecule has 16 heteroatoms. The summed E-state index contributed by atoms with van der Waals surface area (Å²) in [6.07, 6.45) is -1.97. The topological polar surface area (TPSA) is 293 Å². The van der Waals surface area contributed by atoms with Crippen molar-refractivity contribution in [3.63, 3.8) is 0 Å². The Labute approximate surface area is 194 Å². The van der Waals surface area contributed by atoms with Crippen LogP contribution in [0, 0.1) is 0 Å². The van der Waals surface area contributed by atoms with Gasteiger partial charge in [0, 0.05) is 13.0 Å². The second-order valence-corrected chi connectivity index (χ2v) is 7.36. The number of carbonyl (C=O) groups is 5. The van der Waals surface area contributed by atoms with Crippen LogP contribution in [0.4, 0.5) is 0 Å².